The second-order valence-electron chi connectivity index (χ2n) is 4.00. The summed E-state index contributed by atoms with van der Waals surface area (Å²) in [6.45, 7) is 2.10. The Balaban J connectivity index is 2.15. The first-order valence-corrected chi connectivity index (χ1v) is 6.65. The van der Waals surface area contributed by atoms with E-state index in [-0.39, 0.29) is 6.04 Å². The molecule has 1 unspecified atom stereocenters. The van der Waals surface area contributed by atoms with Crippen LogP contribution in [0.4, 0.5) is 0 Å². The van der Waals surface area contributed by atoms with Crippen LogP contribution in [0.2, 0.25) is 5.02 Å². The lowest BCUT2D eigenvalue weighted by molar-refractivity contribution is 0.560. The average Bonchev–Trinajstić information content (AvgIpc) is 2.73. The Kier molecular flexibility index (Phi) is 4.18. The van der Waals surface area contributed by atoms with Crippen LogP contribution >= 0.6 is 22.9 Å². The first-order chi connectivity index (χ1) is 8.19. The number of rotatable bonds is 4. The van der Waals surface area contributed by atoms with Gasteiger partial charge >= 0.3 is 0 Å². The third-order valence-electron chi connectivity index (χ3n) is 2.63. The fraction of sp³-hybridized carbons (Fsp3) is 0.231. The molecule has 0 aliphatic heterocycles. The molecular formula is C13H15ClN2S. The summed E-state index contributed by atoms with van der Waals surface area (Å²) in [4.78, 5) is 2.55. The molecule has 0 saturated carbocycles. The number of benzene rings is 1. The van der Waals surface area contributed by atoms with Crippen molar-refractivity contribution in [3.05, 3.63) is 56.7 Å². The van der Waals surface area contributed by atoms with Gasteiger partial charge in [0, 0.05) is 14.8 Å². The van der Waals surface area contributed by atoms with E-state index in [9.17, 15) is 0 Å². The normalized spacial score (nSPS) is 12.6. The highest BCUT2D eigenvalue weighted by molar-refractivity contribution is 7.12. The zero-order valence-corrected chi connectivity index (χ0v) is 11.2. The van der Waals surface area contributed by atoms with Gasteiger partial charge in [-0.3, -0.25) is 11.3 Å². The van der Waals surface area contributed by atoms with E-state index in [2.05, 4.69) is 30.5 Å². The number of aryl methyl sites for hydroxylation is 1. The van der Waals surface area contributed by atoms with Gasteiger partial charge in [-0.25, -0.2) is 0 Å². The van der Waals surface area contributed by atoms with Crippen LogP contribution in [-0.4, -0.2) is 0 Å². The van der Waals surface area contributed by atoms with Crippen LogP contribution in [0.1, 0.15) is 21.4 Å². The zero-order chi connectivity index (χ0) is 12.3. The summed E-state index contributed by atoms with van der Waals surface area (Å²) in [5.74, 6) is 5.62. The molecule has 4 heteroatoms. The van der Waals surface area contributed by atoms with Gasteiger partial charge in [0.15, 0.2) is 0 Å². The van der Waals surface area contributed by atoms with Gasteiger partial charge in [-0.15, -0.1) is 11.3 Å². The summed E-state index contributed by atoms with van der Waals surface area (Å²) in [6.07, 6.45) is 0.844. The zero-order valence-electron chi connectivity index (χ0n) is 9.61. The van der Waals surface area contributed by atoms with Crippen LogP contribution in [0.5, 0.6) is 0 Å². The van der Waals surface area contributed by atoms with Gasteiger partial charge in [0.25, 0.3) is 0 Å². The molecule has 0 saturated heterocycles. The van der Waals surface area contributed by atoms with E-state index in [0.717, 1.165) is 11.4 Å². The van der Waals surface area contributed by atoms with Gasteiger partial charge in [0.1, 0.15) is 0 Å². The van der Waals surface area contributed by atoms with Crippen molar-refractivity contribution in [3.63, 3.8) is 0 Å². The van der Waals surface area contributed by atoms with Crippen molar-refractivity contribution in [3.8, 4) is 0 Å². The highest BCUT2D eigenvalue weighted by Gasteiger charge is 2.12. The van der Waals surface area contributed by atoms with Crippen molar-refractivity contribution >= 4 is 22.9 Å². The fourth-order valence-electron chi connectivity index (χ4n) is 1.78. The van der Waals surface area contributed by atoms with Gasteiger partial charge in [-0.05, 0) is 43.2 Å². The van der Waals surface area contributed by atoms with Crippen molar-refractivity contribution in [1.82, 2.24) is 5.43 Å². The number of nitrogens with one attached hydrogen (secondary N) is 1. The predicted octanol–water partition coefficient (Wildman–Crippen LogP) is 3.46. The van der Waals surface area contributed by atoms with E-state index < -0.39 is 0 Å². The summed E-state index contributed by atoms with van der Waals surface area (Å²) in [6, 6.07) is 12.3. The number of thiophene rings is 1. The molecule has 1 heterocycles. The Morgan fingerprint density at radius 1 is 1.35 bits per heavy atom. The quantitative estimate of drug-likeness (QED) is 0.657. The van der Waals surface area contributed by atoms with Crippen molar-refractivity contribution in [2.24, 2.45) is 5.84 Å². The third-order valence-corrected chi connectivity index (χ3v) is 3.98. The Morgan fingerprint density at radius 3 is 2.76 bits per heavy atom. The maximum Gasteiger partial charge on any atom is 0.0593 e. The van der Waals surface area contributed by atoms with Crippen LogP contribution in [0.15, 0.2) is 36.4 Å². The lowest BCUT2D eigenvalue weighted by atomic mass is 10.1. The number of hydrazine groups is 1. The number of hydrogen-bond acceptors (Lipinski definition) is 3. The van der Waals surface area contributed by atoms with E-state index in [1.165, 1.54) is 15.3 Å². The van der Waals surface area contributed by atoms with Crippen molar-refractivity contribution in [2.75, 3.05) is 0 Å². The molecule has 1 atom stereocenters. The first kappa shape index (κ1) is 12.6. The molecule has 2 nitrogen and oxygen atoms in total. The number of halogens is 1. The average molecular weight is 267 g/mol. The lowest BCUT2D eigenvalue weighted by Gasteiger charge is -2.14. The molecule has 0 radical (unpaired) electrons. The van der Waals surface area contributed by atoms with Gasteiger partial charge in [-0.2, -0.15) is 0 Å². The summed E-state index contributed by atoms with van der Waals surface area (Å²) in [5, 5.41) is 0.764. The van der Waals surface area contributed by atoms with E-state index in [0.29, 0.717) is 0 Å². The molecule has 0 aliphatic carbocycles. The second-order valence-corrected chi connectivity index (χ2v) is 5.76. The Hall–Kier alpha value is -0.870. The summed E-state index contributed by atoms with van der Waals surface area (Å²) >= 11 is 7.74. The highest BCUT2D eigenvalue weighted by atomic mass is 35.5. The van der Waals surface area contributed by atoms with Crippen LogP contribution in [0, 0.1) is 6.92 Å². The van der Waals surface area contributed by atoms with Crippen LogP contribution < -0.4 is 11.3 Å². The Bertz CT molecular complexity index is 496. The SMILES string of the molecule is Cc1ccc(C(Cc2cccc(Cl)c2)NN)s1. The molecule has 0 fully saturated rings. The van der Waals surface area contributed by atoms with E-state index in [4.69, 9.17) is 17.4 Å². The molecule has 90 valence electrons. The standard InChI is InChI=1S/C13H15ClN2S/c1-9-5-6-13(17-9)12(16-15)8-10-3-2-4-11(14)7-10/h2-7,12,16H,8,15H2,1H3. The maximum absolute atomic E-state index is 5.97. The Morgan fingerprint density at radius 2 is 2.18 bits per heavy atom. The molecule has 0 spiro atoms. The molecule has 17 heavy (non-hydrogen) atoms. The van der Waals surface area contributed by atoms with Crippen molar-refractivity contribution < 1.29 is 0 Å². The maximum atomic E-state index is 5.97. The molecule has 0 aliphatic rings. The van der Waals surface area contributed by atoms with Gasteiger partial charge < -0.3 is 0 Å². The molecule has 1 aromatic heterocycles. The van der Waals surface area contributed by atoms with E-state index in [1.54, 1.807) is 11.3 Å². The Labute approximate surface area is 110 Å². The van der Waals surface area contributed by atoms with Crippen LogP contribution in [0.3, 0.4) is 0 Å². The lowest BCUT2D eigenvalue weighted by Crippen LogP contribution is -2.28. The third kappa shape index (κ3) is 3.30. The first-order valence-electron chi connectivity index (χ1n) is 5.46. The number of hydrogen-bond donors (Lipinski definition) is 2. The highest BCUT2D eigenvalue weighted by Crippen LogP contribution is 2.25. The summed E-state index contributed by atoms with van der Waals surface area (Å²) < 4.78 is 0. The van der Waals surface area contributed by atoms with Crippen molar-refractivity contribution in [1.29, 1.82) is 0 Å². The summed E-state index contributed by atoms with van der Waals surface area (Å²) in [7, 11) is 0. The van der Waals surface area contributed by atoms with E-state index >= 15 is 0 Å². The van der Waals surface area contributed by atoms with E-state index in [1.807, 2.05) is 18.2 Å². The number of nitrogens with two attached hydrogens (primary N) is 1. The molecule has 2 aromatic rings. The molecule has 3 N–H and O–H groups in total. The minimum Gasteiger partial charge on any atom is -0.271 e. The summed E-state index contributed by atoms with van der Waals surface area (Å²) in [5.41, 5.74) is 4.05. The minimum atomic E-state index is 0.146. The van der Waals surface area contributed by atoms with Gasteiger partial charge in [0.2, 0.25) is 0 Å². The molecule has 0 bridgehead atoms. The fourth-order valence-corrected chi connectivity index (χ4v) is 2.93. The van der Waals surface area contributed by atoms with Crippen LogP contribution in [0.25, 0.3) is 0 Å². The monoisotopic (exact) mass is 266 g/mol. The molecular weight excluding hydrogens is 252 g/mol. The minimum absolute atomic E-state index is 0.146. The molecule has 1 aromatic carbocycles. The molecule has 2 rings (SSSR count). The second kappa shape index (κ2) is 5.65. The predicted molar refractivity (Wildman–Crippen MR) is 74.3 cm³/mol. The largest absolute Gasteiger partial charge is 0.271 e. The van der Waals surface area contributed by atoms with Gasteiger partial charge in [0.05, 0.1) is 6.04 Å². The topological polar surface area (TPSA) is 38.0 Å². The molecule has 0 amide bonds. The van der Waals surface area contributed by atoms with Gasteiger partial charge in [-0.1, -0.05) is 23.7 Å². The smallest absolute Gasteiger partial charge is 0.0593 e. The van der Waals surface area contributed by atoms with Crippen LogP contribution in [-0.2, 0) is 6.42 Å². The van der Waals surface area contributed by atoms with Crippen molar-refractivity contribution in [2.45, 2.75) is 19.4 Å².